The molecule has 33 heavy (non-hydrogen) atoms. The molecule has 1 atom stereocenters. The van der Waals surface area contributed by atoms with Gasteiger partial charge in [-0.15, -0.1) is 12.4 Å². The van der Waals surface area contributed by atoms with Crippen LogP contribution in [-0.2, 0) is 9.59 Å². The van der Waals surface area contributed by atoms with Crippen LogP contribution in [-0.4, -0.2) is 66.7 Å². The molecule has 2 aliphatic rings. The SMILES string of the molecule is CN(C)CCOc1ccc(Nc2cccc3c2C(=O)N(C2CCC(=O)NC2=O)C3=O)cc1.Cl. The molecule has 0 saturated carbocycles. The molecule has 4 rings (SSSR count). The second-order valence-corrected chi connectivity index (χ2v) is 7.98. The highest BCUT2D eigenvalue weighted by Crippen LogP contribution is 2.34. The molecule has 2 N–H and O–H groups in total. The van der Waals surface area contributed by atoms with Crippen LogP contribution in [0.5, 0.6) is 5.75 Å². The summed E-state index contributed by atoms with van der Waals surface area (Å²) in [5.74, 6) is -1.39. The molecule has 2 heterocycles. The van der Waals surface area contributed by atoms with Gasteiger partial charge in [-0.3, -0.25) is 29.4 Å². The van der Waals surface area contributed by atoms with E-state index in [4.69, 9.17) is 4.74 Å². The van der Waals surface area contributed by atoms with Gasteiger partial charge in [0.1, 0.15) is 18.4 Å². The Morgan fingerprint density at radius 3 is 2.45 bits per heavy atom. The van der Waals surface area contributed by atoms with Crippen molar-refractivity contribution in [1.82, 2.24) is 15.1 Å². The van der Waals surface area contributed by atoms with E-state index in [1.54, 1.807) is 18.2 Å². The van der Waals surface area contributed by atoms with Gasteiger partial charge < -0.3 is 15.0 Å². The summed E-state index contributed by atoms with van der Waals surface area (Å²) in [6.45, 7) is 1.37. The summed E-state index contributed by atoms with van der Waals surface area (Å²) in [4.78, 5) is 52.7. The van der Waals surface area contributed by atoms with Crippen molar-refractivity contribution in [2.45, 2.75) is 18.9 Å². The zero-order valence-electron chi connectivity index (χ0n) is 18.3. The molecule has 4 amide bonds. The molecule has 0 spiro atoms. The van der Waals surface area contributed by atoms with Gasteiger partial charge in [-0.2, -0.15) is 0 Å². The molecule has 1 fully saturated rings. The van der Waals surface area contributed by atoms with Crippen LogP contribution in [0.2, 0.25) is 0 Å². The first-order valence-corrected chi connectivity index (χ1v) is 10.3. The van der Waals surface area contributed by atoms with Crippen molar-refractivity contribution in [2.75, 3.05) is 32.6 Å². The molecule has 2 aromatic carbocycles. The highest BCUT2D eigenvalue weighted by atomic mass is 35.5. The maximum Gasteiger partial charge on any atom is 0.264 e. The number of carbonyl (C=O) groups is 4. The number of rotatable bonds is 7. The number of hydrogen-bond donors (Lipinski definition) is 2. The number of fused-ring (bicyclic) bond motifs is 1. The summed E-state index contributed by atoms with van der Waals surface area (Å²) in [7, 11) is 3.95. The van der Waals surface area contributed by atoms with E-state index in [2.05, 4.69) is 10.6 Å². The molecule has 0 radical (unpaired) electrons. The number of ether oxygens (including phenoxy) is 1. The number of benzene rings is 2. The number of anilines is 2. The molecule has 0 aromatic heterocycles. The van der Waals surface area contributed by atoms with Crippen LogP contribution in [0.3, 0.4) is 0 Å². The second kappa shape index (κ2) is 10.0. The van der Waals surface area contributed by atoms with Crippen LogP contribution in [0.4, 0.5) is 11.4 Å². The van der Waals surface area contributed by atoms with Gasteiger partial charge in [0.15, 0.2) is 0 Å². The highest BCUT2D eigenvalue weighted by molar-refractivity contribution is 6.25. The Balaban J connectivity index is 0.00000306. The van der Waals surface area contributed by atoms with E-state index >= 15 is 0 Å². The van der Waals surface area contributed by atoms with Crippen LogP contribution in [0.15, 0.2) is 42.5 Å². The predicted molar refractivity (Wildman–Crippen MR) is 124 cm³/mol. The minimum atomic E-state index is -0.994. The van der Waals surface area contributed by atoms with E-state index < -0.39 is 29.7 Å². The fourth-order valence-electron chi connectivity index (χ4n) is 3.76. The lowest BCUT2D eigenvalue weighted by Gasteiger charge is -2.27. The van der Waals surface area contributed by atoms with E-state index in [1.807, 2.05) is 43.3 Å². The van der Waals surface area contributed by atoms with E-state index in [9.17, 15) is 19.2 Å². The Kier molecular flexibility index (Phi) is 7.35. The summed E-state index contributed by atoms with van der Waals surface area (Å²) in [5.41, 5.74) is 1.64. The van der Waals surface area contributed by atoms with Crippen LogP contribution in [0.1, 0.15) is 33.6 Å². The topological polar surface area (TPSA) is 108 Å². The maximum absolute atomic E-state index is 13.1. The molecule has 9 nitrogen and oxygen atoms in total. The van der Waals surface area contributed by atoms with E-state index in [0.717, 1.165) is 22.9 Å². The molecule has 1 unspecified atom stereocenters. The molecule has 0 bridgehead atoms. The molecule has 1 saturated heterocycles. The number of hydrogen-bond acceptors (Lipinski definition) is 7. The lowest BCUT2D eigenvalue weighted by Crippen LogP contribution is -2.54. The van der Waals surface area contributed by atoms with Gasteiger partial charge in [-0.25, -0.2) is 0 Å². The molecular weight excluding hydrogens is 448 g/mol. The number of halogens is 1. The minimum absolute atomic E-state index is 0. The summed E-state index contributed by atoms with van der Waals surface area (Å²) in [5, 5.41) is 5.38. The number of carbonyl (C=O) groups excluding carboxylic acids is 4. The fourth-order valence-corrected chi connectivity index (χ4v) is 3.76. The standard InChI is InChI=1S/C23H24N4O5.ClH/c1-26(2)12-13-32-15-8-6-14(7-9-15)24-17-5-3-4-16-20(17)23(31)27(22(16)30)18-10-11-19(28)25-21(18)29;/h3-9,18,24H,10-13H2,1-2H3,(H,25,28,29);1H. The van der Waals surface area contributed by atoms with Crippen LogP contribution in [0, 0.1) is 0 Å². The van der Waals surface area contributed by atoms with Crippen LogP contribution < -0.4 is 15.4 Å². The van der Waals surface area contributed by atoms with Gasteiger partial charge in [0, 0.05) is 18.7 Å². The fraction of sp³-hybridized carbons (Fsp3) is 0.304. The zero-order valence-corrected chi connectivity index (χ0v) is 19.1. The zero-order chi connectivity index (χ0) is 22.8. The number of nitrogens with one attached hydrogen (secondary N) is 2. The third-order valence-corrected chi connectivity index (χ3v) is 5.41. The van der Waals surface area contributed by atoms with E-state index in [0.29, 0.717) is 12.3 Å². The van der Waals surface area contributed by atoms with Gasteiger partial charge in [0.05, 0.1) is 16.8 Å². The summed E-state index contributed by atoms with van der Waals surface area (Å²) in [6.07, 6.45) is 0.200. The van der Waals surface area contributed by atoms with Crippen molar-refractivity contribution < 1.29 is 23.9 Å². The molecular formula is C23H25ClN4O5. The first kappa shape index (κ1) is 24.2. The quantitative estimate of drug-likeness (QED) is 0.594. The van der Waals surface area contributed by atoms with Crippen LogP contribution >= 0.6 is 12.4 Å². The lowest BCUT2D eigenvalue weighted by molar-refractivity contribution is -0.136. The predicted octanol–water partition coefficient (Wildman–Crippen LogP) is 2.19. The van der Waals surface area contributed by atoms with Gasteiger partial charge in [0.2, 0.25) is 11.8 Å². The van der Waals surface area contributed by atoms with Crippen LogP contribution in [0.25, 0.3) is 0 Å². The average molecular weight is 473 g/mol. The summed E-state index contributed by atoms with van der Waals surface area (Å²) < 4.78 is 5.69. The van der Waals surface area contributed by atoms with Crippen molar-refractivity contribution in [2.24, 2.45) is 0 Å². The van der Waals surface area contributed by atoms with Gasteiger partial charge in [-0.05, 0) is 56.9 Å². The Morgan fingerprint density at radius 1 is 1.06 bits per heavy atom. The normalized spacial score (nSPS) is 17.5. The lowest BCUT2D eigenvalue weighted by atomic mass is 10.0. The Hall–Kier alpha value is -3.43. The Morgan fingerprint density at radius 2 is 1.79 bits per heavy atom. The number of piperidine rings is 1. The largest absolute Gasteiger partial charge is 0.492 e. The maximum atomic E-state index is 13.1. The van der Waals surface area contributed by atoms with E-state index in [-0.39, 0.29) is 36.4 Å². The number of nitrogens with zero attached hydrogens (tertiary/aromatic N) is 2. The summed E-state index contributed by atoms with van der Waals surface area (Å²) >= 11 is 0. The summed E-state index contributed by atoms with van der Waals surface area (Å²) in [6, 6.07) is 11.2. The van der Waals surface area contributed by atoms with Gasteiger partial charge in [0.25, 0.3) is 11.8 Å². The second-order valence-electron chi connectivity index (χ2n) is 7.98. The average Bonchev–Trinajstić information content (AvgIpc) is 3.00. The molecule has 2 aromatic rings. The number of imide groups is 2. The van der Waals surface area contributed by atoms with Gasteiger partial charge >= 0.3 is 0 Å². The Bertz CT molecular complexity index is 1090. The third kappa shape index (κ3) is 4.99. The molecule has 2 aliphatic heterocycles. The monoisotopic (exact) mass is 472 g/mol. The van der Waals surface area contributed by atoms with Crippen molar-refractivity contribution >= 4 is 47.4 Å². The Labute approximate surface area is 197 Å². The number of likely N-dealkylation sites (N-methyl/N-ethyl adjacent to an activating group) is 1. The van der Waals surface area contributed by atoms with Crippen molar-refractivity contribution in [3.05, 3.63) is 53.6 Å². The van der Waals surface area contributed by atoms with Crippen molar-refractivity contribution in [3.8, 4) is 5.75 Å². The van der Waals surface area contributed by atoms with Crippen molar-refractivity contribution in [1.29, 1.82) is 0 Å². The molecule has 0 aliphatic carbocycles. The smallest absolute Gasteiger partial charge is 0.264 e. The van der Waals surface area contributed by atoms with E-state index in [1.165, 1.54) is 0 Å². The van der Waals surface area contributed by atoms with Gasteiger partial charge in [-0.1, -0.05) is 6.07 Å². The first-order chi connectivity index (χ1) is 15.3. The number of amides is 4. The van der Waals surface area contributed by atoms with Crippen molar-refractivity contribution in [3.63, 3.8) is 0 Å². The molecule has 174 valence electrons. The minimum Gasteiger partial charge on any atom is -0.492 e. The molecule has 10 heteroatoms. The third-order valence-electron chi connectivity index (χ3n) is 5.41. The highest BCUT2D eigenvalue weighted by Gasteiger charge is 2.45. The first-order valence-electron chi connectivity index (χ1n) is 10.3.